The minimum Gasteiger partial charge on any atom is -0.484 e. The number of para-hydroxylation sites is 1. The van der Waals surface area contributed by atoms with E-state index >= 15 is 0 Å². The van der Waals surface area contributed by atoms with Crippen molar-refractivity contribution in [3.8, 4) is 5.75 Å². The van der Waals surface area contributed by atoms with Crippen LogP contribution in [0, 0.1) is 0 Å². The Bertz CT molecular complexity index is 932. The topological polar surface area (TPSA) is 83.0 Å². The molecule has 0 spiro atoms. The third-order valence-electron chi connectivity index (χ3n) is 3.84. The van der Waals surface area contributed by atoms with E-state index in [9.17, 15) is 22.8 Å². The predicted molar refractivity (Wildman–Crippen MR) is 101 cm³/mol. The third-order valence-corrected chi connectivity index (χ3v) is 3.84. The van der Waals surface area contributed by atoms with Crippen LogP contribution in [-0.4, -0.2) is 36.5 Å². The normalized spacial score (nSPS) is 16.7. The zero-order valence-electron chi connectivity index (χ0n) is 15.2. The fourth-order valence-electron chi connectivity index (χ4n) is 2.52. The summed E-state index contributed by atoms with van der Waals surface area (Å²) in [7, 11) is 0. The first kappa shape index (κ1) is 20.2. The molecule has 0 unspecified atom stereocenters. The summed E-state index contributed by atoms with van der Waals surface area (Å²) in [6, 6.07) is 13.4. The fourth-order valence-corrected chi connectivity index (χ4v) is 2.52. The maximum Gasteiger partial charge on any atom is 0.422 e. The maximum absolute atomic E-state index is 12.6. The van der Waals surface area contributed by atoms with E-state index in [-0.39, 0.29) is 23.2 Å². The highest BCUT2D eigenvalue weighted by atomic mass is 19.4. The predicted octanol–water partition coefficient (Wildman–Crippen LogP) is 2.90. The van der Waals surface area contributed by atoms with Gasteiger partial charge in [-0.15, -0.1) is 0 Å². The molecule has 3 rings (SSSR count). The Balaban J connectivity index is 1.72. The van der Waals surface area contributed by atoms with Crippen molar-refractivity contribution in [1.82, 2.24) is 5.43 Å². The highest BCUT2D eigenvalue weighted by Crippen LogP contribution is 2.22. The molecular formula is C19H17F3N4O3. The SMILES string of the molecule is C[C@@H]1N=C(C(=O)Nc2cccc(OCC(F)(F)F)c2)NN(c2ccccc2)C1=O. The molecule has 29 heavy (non-hydrogen) atoms. The lowest BCUT2D eigenvalue weighted by Gasteiger charge is -2.30. The van der Waals surface area contributed by atoms with Crippen LogP contribution in [-0.2, 0) is 9.59 Å². The van der Waals surface area contributed by atoms with E-state index in [1.54, 1.807) is 37.3 Å². The molecule has 0 fully saturated rings. The molecule has 1 atom stereocenters. The van der Waals surface area contributed by atoms with Gasteiger partial charge >= 0.3 is 6.18 Å². The number of halogens is 3. The molecule has 0 aliphatic carbocycles. The molecule has 0 saturated carbocycles. The van der Waals surface area contributed by atoms with Crippen LogP contribution in [0.25, 0.3) is 0 Å². The van der Waals surface area contributed by atoms with Gasteiger partial charge in [0, 0.05) is 11.8 Å². The van der Waals surface area contributed by atoms with E-state index in [0.717, 1.165) is 0 Å². The van der Waals surface area contributed by atoms with Gasteiger partial charge in [0.2, 0.25) is 5.84 Å². The number of anilines is 2. The van der Waals surface area contributed by atoms with Gasteiger partial charge in [-0.1, -0.05) is 24.3 Å². The Hall–Kier alpha value is -3.56. The number of ether oxygens (including phenoxy) is 1. The smallest absolute Gasteiger partial charge is 0.422 e. The lowest BCUT2D eigenvalue weighted by atomic mass is 10.2. The van der Waals surface area contributed by atoms with Crippen LogP contribution in [0.15, 0.2) is 59.6 Å². The molecule has 2 amide bonds. The first-order valence-corrected chi connectivity index (χ1v) is 8.57. The van der Waals surface area contributed by atoms with Gasteiger partial charge in [-0.2, -0.15) is 13.2 Å². The Morgan fingerprint density at radius 3 is 2.62 bits per heavy atom. The number of amides is 2. The number of hydrogen-bond donors (Lipinski definition) is 2. The quantitative estimate of drug-likeness (QED) is 0.800. The number of alkyl halides is 3. The highest BCUT2D eigenvalue weighted by Gasteiger charge is 2.31. The molecule has 1 aliphatic heterocycles. The third kappa shape index (κ3) is 5.24. The van der Waals surface area contributed by atoms with Crippen molar-refractivity contribution in [3.05, 3.63) is 54.6 Å². The average molecular weight is 406 g/mol. The molecule has 2 N–H and O–H groups in total. The second-order valence-corrected chi connectivity index (χ2v) is 6.16. The molecule has 10 heteroatoms. The standard InChI is InChI=1S/C19H17F3N4O3/c1-12-18(28)26(14-7-3-2-4-8-14)25-16(23-12)17(27)24-13-6-5-9-15(10-13)29-11-19(20,21)22/h2-10,12H,11H2,1H3,(H,23,25)(H,24,27)/t12-/m0/s1. The molecule has 1 heterocycles. The van der Waals surface area contributed by atoms with E-state index in [0.29, 0.717) is 5.69 Å². The van der Waals surface area contributed by atoms with Crippen molar-refractivity contribution in [1.29, 1.82) is 0 Å². The Morgan fingerprint density at radius 2 is 1.93 bits per heavy atom. The monoisotopic (exact) mass is 406 g/mol. The molecule has 0 saturated heterocycles. The Kier molecular flexibility index (Phi) is 5.71. The molecule has 0 aromatic heterocycles. The molecule has 2 aromatic carbocycles. The Labute approximate surface area is 164 Å². The van der Waals surface area contributed by atoms with Crippen LogP contribution in [0.3, 0.4) is 0 Å². The number of amidine groups is 1. The molecule has 2 aromatic rings. The summed E-state index contributed by atoms with van der Waals surface area (Å²) in [6.07, 6.45) is -4.47. The van der Waals surface area contributed by atoms with Gasteiger partial charge in [-0.3, -0.25) is 15.0 Å². The lowest BCUT2D eigenvalue weighted by molar-refractivity contribution is -0.153. The number of nitrogens with zero attached hydrogens (tertiary/aromatic N) is 2. The highest BCUT2D eigenvalue weighted by molar-refractivity contribution is 6.43. The second kappa shape index (κ2) is 8.21. The van der Waals surface area contributed by atoms with Crippen molar-refractivity contribution >= 4 is 29.0 Å². The molecule has 152 valence electrons. The van der Waals surface area contributed by atoms with Gasteiger partial charge in [-0.25, -0.2) is 10.0 Å². The van der Waals surface area contributed by atoms with Gasteiger partial charge in [0.1, 0.15) is 11.8 Å². The van der Waals surface area contributed by atoms with Crippen molar-refractivity contribution in [2.24, 2.45) is 4.99 Å². The van der Waals surface area contributed by atoms with Gasteiger partial charge in [-0.05, 0) is 31.2 Å². The largest absolute Gasteiger partial charge is 0.484 e. The average Bonchev–Trinajstić information content (AvgIpc) is 2.69. The molecular weight excluding hydrogens is 389 g/mol. The number of hydrazine groups is 1. The number of aliphatic imine (C=N–C) groups is 1. The Morgan fingerprint density at radius 1 is 1.21 bits per heavy atom. The van der Waals surface area contributed by atoms with E-state index in [2.05, 4.69) is 20.5 Å². The summed E-state index contributed by atoms with van der Waals surface area (Å²) in [4.78, 5) is 29.0. The fraction of sp³-hybridized carbons (Fsp3) is 0.211. The number of nitrogens with one attached hydrogen (secondary N) is 2. The maximum atomic E-state index is 12.6. The minimum absolute atomic E-state index is 0.0480. The van der Waals surface area contributed by atoms with Crippen molar-refractivity contribution < 1.29 is 27.5 Å². The van der Waals surface area contributed by atoms with Crippen LogP contribution in [0.5, 0.6) is 5.75 Å². The number of benzene rings is 2. The number of carbonyl (C=O) groups excluding carboxylic acids is 2. The zero-order valence-corrected chi connectivity index (χ0v) is 15.2. The van der Waals surface area contributed by atoms with Crippen LogP contribution in [0.1, 0.15) is 6.92 Å². The zero-order chi connectivity index (χ0) is 21.0. The lowest BCUT2D eigenvalue weighted by Crippen LogP contribution is -2.57. The molecule has 1 aliphatic rings. The van der Waals surface area contributed by atoms with Crippen LogP contribution in [0.2, 0.25) is 0 Å². The van der Waals surface area contributed by atoms with E-state index in [1.807, 2.05) is 0 Å². The molecule has 0 radical (unpaired) electrons. The summed E-state index contributed by atoms with van der Waals surface area (Å²) in [6.45, 7) is 0.113. The molecule has 7 nitrogen and oxygen atoms in total. The number of carbonyl (C=O) groups is 2. The van der Waals surface area contributed by atoms with Crippen LogP contribution < -0.4 is 20.5 Å². The van der Waals surface area contributed by atoms with E-state index in [1.165, 1.54) is 29.3 Å². The van der Waals surface area contributed by atoms with Gasteiger partial charge in [0.25, 0.3) is 11.8 Å². The van der Waals surface area contributed by atoms with Crippen LogP contribution in [0.4, 0.5) is 24.5 Å². The van der Waals surface area contributed by atoms with E-state index < -0.39 is 24.7 Å². The van der Waals surface area contributed by atoms with Gasteiger partial charge < -0.3 is 10.1 Å². The molecule has 0 bridgehead atoms. The number of rotatable bonds is 5. The first-order valence-electron chi connectivity index (χ1n) is 8.57. The number of hydrogen-bond acceptors (Lipinski definition) is 5. The summed E-state index contributed by atoms with van der Waals surface area (Å²) in [5, 5.41) is 3.74. The summed E-state index contributed by atoms with van der Waals surface area (Å²) in [5.41, 5.74) is 3.42. The second-order valence-electron chi connectivity index (χ2n) is 6.16. The summed E-state index contributed by atoms with van der Waals surface area (Å²) in [5.74, 6) is -1.15. The minimum atomic E-state index is -4.47. The first-order chi connectivity index (χ1) is 13.7. The summed E-state index contributed by atoms with van der Waals surface area (Å²) < 4.78 is 41.5. The van der Waals surface area contributed by atoms with Gasteiger partial charge in [0.05, 0.1) is 5.69 Å². The van der Waals surface area contributed by atoms with Crippen molar-refractivity contribution in [3.63, 3.8) is 0 Å². The van der Waals surface area contributed by atoms with Crippen LogP contribution >= 0.6 is 0 Å². The van der Waals surface area contributed by atoms with Crippen molar-refractivity contribution in [2.75, 3.05) is 16.9 Å². The van der Waals surface area contributed by atoms with E-state index in [4.69, 9.17) is 0 Å². The van der Waals surface area contributed by atoms with Crippen molar-refractivity contribution in [2.45, 2.75) is 19.1 Å². The summed E-state index contributed by atoms with van der Waals surface area (Å²) >= 11 is 0. The van der Waals surface area contributed by atoms with Gasteiger partial charge in [0.15, 0.2) is 6.61 Å².